The average molecular weight is 466 g/mol. The van der Waals surface area contributed by atoms with Gasteiger partial charge in [-0.25, -0.2) is 4.98 Å². The Morgan fingerprint density at radius 1 is 1.10 bits per heavy atom. The van der Waals surface area contributed by atoms with Crippen molar-refractivity contribution in [3.8, 4) is 11.5 Å². The molecule has 0 saturated carbocycles. The van der Waals surface area contributed by atoms with Crippen LogP contribution in [0.2, 0.25) is 10.0 Å². The monoisotopic (exact) mass is 465 g/mol. The van der Waals surface area contributed by atoms with Crippen LogP contribution in [0.15, 0.2) is 36.4 Å². The number of hydrogen-bond donors (Lipinski definition) is 0. The molecule has 2 heterocycles. The Bertz CT molecular complexity index is 1050. The van der Waals surface area contributed by atoms with Gasteiger partial charge in [0.1, 0.15) is 17.0 Å². The third kappa shape index (κ3) is 4.58. The number of nitrogens with zero attached hydrogens (tertiary/aromatic N) is 3. The van der Waals surface area contributed by atoms with Crippen molar-refractivity contribution in [3.63, 3.8) is 0 Å². The molecule has 0 N–H and O–H groups in total. The number of fused-ring (bicyclic) bond motifs is 1. The number of ether oxygens (including phenoxy) is 2. The highest BCUT2D eigenvalue weighted by Gasteiger charge is 2.24. The fraction of sp³-hybridized carbons (Fsp3) is 0.333. The van der Waals surface area contributed by atoms with Gasteiger partial charge in [0.15, 0.2) is 11.7 Å². The molecule has 0 spiro atoms. The van der Waals surface area contributed by atoms with Crippen LogP contribution in [0.3, 0.4) is 0 Å². The summed E-state index contributed by atoms with van der Waals surface area (Å²) in [6.45, 7) is 5.19. The van der Waals surface area contributed by atoms with E-state index in [1.807, 2.05) is 19.1 Å². The number of aromatic nitrogens is 1. The number of halogens is 2. The van der Waals surface area contributed by atoms with Gasteiger partial charge in [0.2, 0.25) is 0 Å². The normalized spacial score (nSPS) is 14.2. The summed E-state index contributed by atoms with van der Waals surface area (Å²) >= 11 is 13.6. The van der Waals surface area contributed by atoms with E-state index < -0.39 is 0 Å². The molecular formula is C21H21Cl2N3O3S. The lowest BCUT2D eigenvalue weighted by Gasteiger charge is -2.34. The second-order valence-corrected chi connectivity index (χ2v) is 8.62. The number of rotatable bonds is 6. The van der Waals surface area contributed by atoms with Crippen LogP contribution in [-0.4, -0.2) is 55.2 Å². The van der Waals surface area contributed by atoms with E-state index in [4.69, 9.17) is 37.7 Å². The zero-order valence-corrected chi connectivity index (χ0v) is 18.8. The van der Waals surface area contributed by atoms with E-state index in [-0.39, 0.29) is 12.5 Å². The minimum atomic E-state index is -0.0661. The molecule has 0 unspecified atom stereocenters. The molecule has 3 aromatic rings. The maximum absolute atomic E-state index is 12.5. The Hall–Kier alpha value is -2.22. The van der Waals surface area contributed by atoms with E-state index in [9.17, 15) is 4.79 Å². The summed E-state index contributed by atoms with van der Waals surface area (Å²) in [5.41, 5.74) is 0.895. The first-order valence-corrected chi connectivity index (χ1v) is 11.3. The highest BCUT2D eigenvalue weighted by atomic mass is 35.5. The molecule has 1 fully saturated rings. The van der Waals surface area contributed by atoms with Gasteiger partial charge in [-0.2, -0.15) is 0 Å². The van der Waals surface area contributed by atoms with Crippen LogP contribution in [-0.2, 0) is 4.79 Å². The van der Waals surface area contributed by atoms with E-state index >= 15 is 0 Å². The summed E-state index contributed by atoms with van der Waals surface area (Å²) < 4.78 is 12.4. The predicted octanol–water partition coefficient (Wildman–Crippen LogP) is 4.73. The Kier molecular flexibility index (Phi) is 6.51. The summed E-state index contributed by atoms with van der Waals surface area (Å²) in [4.78, 5) is 21.3. The molecule has 1 aromatic heterocycles. The second-order valence-electron chi connectivity index (χ2n) is 6.76. The number of benzene rings is 2. The molecule has 0 bridgehead atoms. The SMILES string of the molecule is CCOc1cccc2sc(N3CCN(C(=O)COc4ccc(Cl)cc4Cl)CC3)nc12. The average Bonchev–Trinajstić information content (AvgIpc) is 3.19. The predicted molar refractivity (Wildman–Crippen MR) is 122 cm³/mol. The number of thiazole rings is 1. The molecule has 4 rings (SSSR count). The minimum absolute atomic E-state index is 0.0554. The first kappa shape index (κ1) is 21.0. The van der Waals surface area contributed by atoms with Crippen LogP contribution in [0.25, 0.3) is 10.2 Å². The lowest BCUT2D eigenvalue weighted by Crippen LogP contribution is -2.50. The van der Waals surface area contributed by atoms with Crippen molar-refractivity contribution < 1.29 is 14.3 Å². The summed E-state index contributed by atoms with van der Waals surface area (Å²) in [5, 5.41) is 1.87. The second kappa shape index (κ2) is 9.29. The third-order valence-electron chi connectivity index (χ3n) is 4.82. The summed E-state index contributed by atoms with van der Waals surface area (Å²) in [6, 6.07) is 10.9. The maximum Gasteiger partial charge on any atom is 0.260 e. The smallest absolute Gasteiger partial charge is 0.260 e. The molecule has 0 atom stereocenters. The number of hydrogen-bond acceptors (Lipinski definition) is 6. The zero-order chi connectivity index (χ0) is 21.1. The number of carbonyl (C=O) groups excluding carboxylic acids is 1. The van der Waals surface area contributed by atoms with E-state index in [0.717, 1.165) is 34.2 Å². The fourth-order valence-corrected chi connectivity index (χ4v) is 4.79. The van der Waals surface area contributed by atoms with Crippen molar-refractivity contribution in [2.45, 2.75) is 6.92 Å². The van der Waals surface area contributed by atoms with Crippen LogP contribution >= 0.6 is 34.5 Å². The number of para-hydroxylation sites is 1. The van der Waals surface area contributed by atoms with E-state index in [0.29, 0.717) is 35.5 Å². The topological polar surface area (TPSA) is 54.9 Å². The summed E-state index contributed by atoms with van der Waals surface area (Å²) in [5.74, 6) is 1.19. The van der Waals surface area contributed by atoms with Gasteiger partial charge in [-0.15, -0.1) is 0 Å². The Morgan fingerprint density at radius 3 is 2.63 bits per heavy atom. The molecule has 1 saturated heterocycles. The Balaban J connectivity index is 1.35. The zero-order valence-electron chi connectivity index (χ0n) is 16.4. The lowest BCUT2D eigenvalue weighted by molar-refractivity contribution is -0.133. The van der Waals surface area contributed by atoms with Crippen molar-refractivity contribution in [2.75, 3.05) is 44.3 Å². The largest absolute Gasteiger partial charge is 0.492 e. The van der Waals surface area contributed by atoms with Gasteiger partial charge in [-0.3, -0.25) is 4.79 Å². The first-order chi connectivity index (χ1) is 14.5. The van der Waals surface area contributed by atoms with Crippen LogP contribution in [0, 0.1) is 0 Å². The van der Waals surface area contributed by atoms with Crippen molar-refractivity contribution in [1.29, 1.82) is 0 Å². The molecule has 1 aliphatic rings. The van der Waals surface area contributed by atoms with Crippen molar-refractivity contribution in [2.24, 2.45) is 0 Å². The van der Waals surface area contributed by atoms with Gasteiger partial charge in [-0.1, -0.05) is 40.6 Å². The molecule has 6 nitrogen and oxygen atoms in total. The van der Waals surface area contributed by atoms with Crippen LogP contribution in [0.1, 0.15) is 6.92 Å². The number of amides is 1. The van der Waals surface area contributed by atoms with Gasteiger partial charge < -0.3 is 19.3 Å². The standard InChI is InChI=1S/C21H21Cl2N3O3S/c1-2-28-17-4-3-5-18-20(17)24-21(30-18)26-10-8-25(9-11-26)19(27)13-29-16-7-6-14(22)12-15(16)23/h3-7,12H,2,8-11,13H2,1H3. The minimum Gasteiger partial charge on any atom is -0.492 e. The quantitative estimate of drug-likeness (QED) is 0.526. The molecule has 0 radical (unpaired) electrons. The van der Waals surface area contributed by atoms with Crippen LogP contribution < -0.4 is 14.4 Å². The Morgan fingerprint density at radius 2 is 1.90 bits per heavy atom. The highest BCUT2D eigenvalue weighted by molar-refractivity contribution is 7.22. The summed E-state index contributed by atoms with van der Waals surface area (Å²) in [7, 11) is 0. The summed E-state index contributed by atoms with van der Waals surface area (Å²) in [6.07, 6.45) is 0. The van der Waals surface area contributed by atoms with E-state index in [2.05, 4.69) is 11.0 Å². The molecule has 0 aliphatic carbocycles. The molecule has 9 heteroatoms. The number of piperazine rings is 1. The molecule has 158 valence electrons. The first-order valence-electron chi connectivity index (χ1n) is 9.68. The Labute approximate surface area is 188 Å². The molecule has 2 aromatic carbocycles. The third-order valence-corrected chi connectivity index (χ3v) is 6.43. The molecule has 1 amide bonds. The molecule has 1 aliphatic heterocycles. The highest BCUT2D eigenvalue weighted by Crippen LogP contribution is 2.34. The van der Waals surface area contributed by atoms with Crippen LogP contribution in [0.5, 0.6) is 11.5 Å². The molecule has 30 heavy (non-hydrogen) atoms. The van der Waals surface area contributed by atoms with Crippen molar-refractivity contribution in [3.05, 3.63) is 46.4 Å². The van der Waals surface area contributed by atoms with Crippen molar-refractivity contribution >= 4 is 55.8 Å². The lowest BCUT2D eigenvalue weighted by atomic mass is 10.3. The van der Waals surface area contributed by atoms with Gasteiger partial charge in [-0.05, 0) is 37.3 Å². The van der Waals surface area contributed by atoms with Crippen LogP contribution in [0.4, 0.5) is 5.13 Å². The fourth-order valence-electron chi connectivity index (χ4n) is 3.29. The van der Waals surface area contributed by atoms with Gasteiger partial charge >= 0.3 is 0 Å². The van der Waals surface area contributed by atoms with Gasteiger partial charge in [0.25, 0.3) is 5.91 Å². The number of carbonyl (C=O) groups is 1. The van der Waals surface area contributed by atoms with E-state index in [1.165, 1.54) is 0 Å². The van der Waals surface area contributed by atoms with Gasteiger partial charge in [0, 0.05) is 31.2 Å². The number of anilines is 1. The van der Waals surface area contributed by atoms with Gasteiger partial charge in [0.05, 0.1) is 16.3 Å². The maximum atomic E-state index is 12.5. The molecular weight excluding hydrogens is 445 g/mol. The van der Waals surface area contributed by atoms with Crippen molar-refractivity contribution in [1.82, 2.24) is 9.88 Å². The van der Waals surface area contributed by atoms with E-state index in [1.54, 1.807) is 34.4 Å².